The van der Waals surface area contributed by atoms with Gasteiger partial charge in [-0.15, -0.1) is 0 Å². The normalized spacial score (nSPS) is 10.6. The highest BCUT2D eigenvalue weighted by Gasteiger charge is 2.23. The summed E-state index contributed by atoms with van der Waals surface area (Å²) in [5.41, 5.74) is 1.94. The second-order valence-corrected chi connectivity index (χ2v) is 10.1. The highest BCUT2D eigenvalue weighted by molar-refractivity contribution is 6.44. The summed E-state index contributed by atoms with van der Waals surface area (Å²) in [7, 11) is 0. The highest BCUT2D eigenvalue weighted by atomic mass is 35.5. The number of benzene rings is 4. The summed E-state index contributed by atoms with van der Waals surface area (Å²) >= 11 is 13.2. The molecule has 0 atom stereocenters. The zero-order chi connectivity index (χ0) is 29.4. The number of ether oxygens (including phenoxy) is 3. The lowest BCUT2D eigenvalue weighted by Gasteiger charge is -2.18. The molecule has 0 heterocycles. The summed E-state index contributed by atoms with van der Waals surface area (Å²) in [6, 6.07) is 21.3. The summed E-state index contributed by atoms with van der Waals surface area (Å²) in [4.78, 5) is 12.5. The maximum atomic E-state index is 12.5. The van der Waals surface area contributed by atoms with Crippen LogP contribution in [0, 0.1) is 22.7 Å². The first-order valence-electron chi connectivity index (χ1n) is 13.4. The van der Waals surface area contributed by atoms with Gasteiger partial charge in [0.2, 0.25) is 0 Å². The molecule has 0 radical (unpaired) electrons. The maximum Gasteiger partial charge on any atom is 0.338 e. The van der Waals surface area contributed by atoms with Crippen LogP contribution in [-0.2, 0) is 4.74 Å². The van der Waals surface area contributed by atoms with Crippen molar-refractivity contribution >= 4 is 39.9 Å². The maximum absolute atomic E-state index is 12.5. The number of fused-ring (bicyclic) bond motifs is 1. The van der Waals surface area contributed by atoms with E-state index >= 15 is 0 Å². The first kappa shape index (κ1) is 29.7. The highest BCUT2D eigenvalue weighted by Crippen LogP contribution is 2.47. The standard InChI is InChI=1S/C33H28Cl2N2O4/c1-3-5-6-7-16-40-33(38)22-10-14-26(15-11-22)41-32-30-23(18-28(34)31(32)35)17-24(19-36)27(20-37)29(30)21-8-12-25(13-9-21)39-4-2/h8-15,17-18H,3-7,16H2,1-2H3. The minimum absolute atomic E-state index is 0.149. The van der Waals surface area contributed by atoms with Gasteiger partial charge in [0, 0.05) is 10.9 Å². The molecular formula is C33H28Cl2N2O4. The van der Waals surface area contributed by atoms with Crippen molar-refractivity contribution in [3.63, 3.8) is 0 Å². The summed E-state index contributed by atoms with van der Waals surface area (Å²) in [5.74, 6) is 0.896. The van der Waals surface area contributed by atoms with Gasteiger partial charge >= 0.3 is 5.97 Å². The molecule has 0 aliphatic carbocycles. The number of carbonyl (C=O) groups is 1. The van der Waals surface area contributed by atoms with E-state index in [1.807, 2.05) is 19.1 Å². The van der Waals surface area contributed by atoms with Gasteiger partial charge < -0.3 is 14.2 Å². The van der Waals surface area contributed by atoms with Gasteiger partial charge in [0.1, 0.15) is 28.7 Å². The average molecular weight is 588 g/mol. The number of rotatable bonds is 11. The molecule has 0 saturated heterocycles. The van der Waals surface area contributed by atoms with Crippen LogP contribution in [0.15, 0.2) is 60.7 Å². The van der Waals surface area contributed by atoms with Crippen LogP contribution in [0.3, 0.4) is 0 Å². The number of hydrogen-bond donors (Lipinski definition) is 0. The SMILES string of the molecule is CCCCCCOC(=O)c1ccc(Oc2c(Cl)c(Cl)cc3cc(C#N)c(C#N)c(-c4ccc(OCC)cc4)c23)cc1. The smallest absolute Gasteiger partial charge is 0.338 e. The topological polar surface area (TPSA) is 92.3 Å². The first-order chi connectivity index (χ1) is 19.9. The van der Waals surface area contributed by atoms with Gasteiger partial charge in [-0.1, -0.05) is 61.5 Å². The van der Waals surface area contributed by atoms with Crippen LogP contribution < -0.4 is 9.47 Å². The number of halogens is 2. The number of nitriles is 2. The minimum Gasteiger partial charge on any atom is -0.494 e. The minimum atomic E-state index is -0.403. The monoisotopic (exact) mass is 586 g/mol. The summed E-state index contributed by atoms with van der Waals surface area (Å²) in [6.07, 6.45) is 4.07. The Hall–Kier alpha value is -4.23. The van der Waals surface area contributed by atoms with E-state index in [0.717, 1.165) is 25.7 Å². The predicted molar refractivity (Wildman–Crippen MR) is 161 cm³/mol. The largest absolute Gasteiger partial charge is 0.494 e. The second-order valence-electron chi connectivity index (χ2n) is 9.28. The Bertz CT molecular complexity index is 1640. The molecule has 8 heteroatoms. The molecule has 0 aliphatic heterocycles. The number of unbranched alkanes of at least 4 members (excludes halogenated alkanes) is 3. The van der Waals surface area contributed by atoms with Gasteiger partial charge in [0.25, 0.3) is 0 Å². The first-order valence-corrected chi connectivity index (χ1v) is 14.1. The third-order valence-electron chi connectivity index (χ3n) is 6.50. The molecule has 41 heavy (non-hydrogen) atoms. The molecule has 0 unspecified atom stereocenters. The molecule has 4 rings (SSSR count). The van der Waals surface area contributed by atoms with E-state index in [4.69, 9.17) is 37.4 Å². The van der Waals surface area contributed by atoms with Gasteiger partial charge in [-0.05, 0) is 72.8 Å². The lowest BCUT2D eigenvalue weighted by molar-refractivity contribution is 0.0498. The second kappa shape index (κ2) is 13.9. The van der Waals surface area contributed by atoms with Crippen molar-refractivity contribution in [2.24, 2.45) is 0 Å². The van der Waals surface area contributed by atoms with E-state index in [9.17, 15) is 15.3 Å². The predicted octanol–water partition coefficient (Wildman–Crippen LogP) is 9.49. The molecule has 4 aromatic carbocycles. The van der Waals surface area contributed by atoms with Gasteiger partial charge in [-0.25, -0.2) is 4.79 Å². The fraction of sp³-hybridized carbons (Fsp3) is 0.242. The molecule has 0 amide bonds. The number of nitrogens with zero attached hydrogens (tertiary/aromatic N) is 2. The van der Waals surface area contributed by atoms with Crippen LogP contribution in [0.2, 0.25) is 10.0 Å². The third-order valence-corrected chi connectivity index (χ3v) is 7.27. The molecule has 0 aromatic heterocycles. The van der Waals surface area contributed by atoms with Crippen molar-refractivity contribution < 1.29 is 19.0 Å². The van der Waals surface area contributed by atoms with Crippen molar-refractivity contribution in [1.29, 1.82) is 10.5 Å². The van der Waals surface area contributed by atoms with Crippen LogP contribution in [-0.4, -0.2) is 19.2 Å². The Balaban J connectivity index is 1.77. The quantitative estimate of drug-likeness (QED) is 0.128. The molecular weight excluding hydrogens is 559 g/mol. The Morgan fingerprint density at radius 1 is 0.878 bits per heavy atom. The summed E-state index contributed by atoms with van der Waals surface area (Å²) in [6.45, 7) is 4.91. The third kappa shape index (κ3) is 6.74. The van der Waals surface area contributed by atoms with Crippen LogP contribution in [0.4, 0.5) is 0 Å². The van der Waals surface area contributed by atoms with E-state index in [0.29, 0.717) is 52.2 Å². The summed E-state index contributed by atoms with van der Waals surface area (Å²) < 4.78 is 17.2. The van der Waals surface area contributed by atoms with E-state index in [2.05, 4.69) is 19.1 Å². The van der Waals surface area contributed by atoms with Gasteiger partial charge in [0.15, 0.2) is 5.75 Å². The lowest BCUT2D eigenvalue weighted by atomic mass is 9.90. The molecule has 0 saturated carbocycles. The van der Waals surface area contributed by atoms with Crippen molar-refractivity contribution in [1.82, 2.24) is 0 Å². The van der Waals surface area contributed by atoms with Gasteiger partial charge in [0.05, 0.1) is 34.9 Å². The van der Waals surface area contributed by atoms with E-state index < -0.39 is 5.97 Å². The Morgan fingerprint density at radius 3 is 2.22 bits per heavy atom. The average Bonchev–Trinajstić information content (AvgIpc) is 2.99. The summed E-state index contributed by atoms with van der Waals surface area (Å²) in [5, 5.41) is 21.4. The van der Waals surface area contributed by atoms with Gasteiger partial charge in [-0.2, -0.15) is 10.5 Å². The van der Waals surface area contributed by atoms with Crippen LogP contribution in [0.1, 0.15) is 61.0 Å². The van der Waals surface area contributed by atoms with Crippen LogP contribution in [0.5, 0.6) is 17.2 Å². The lowest BCUT2D eigenvalue weighted by Crippen LogP contribution is -2.06. The number of carbonyl (C=O) groups excluding carboxylic acids is 1. The molecule has 6 nitrogen and oxygen atoms in total. The molecule has 0 aliphatic rings. The number of esters is 1. The molecule has 0 N–H and O–H groups in total. The zero-order valence-electron chi connectivity index (χ0n) is 22.8. The Kier molecular flexibility index (Phi) is 10.1. The van der Waals surface area contributed by atoms with Crippen molar-refractivity contribution in [2.45, 2.75) is 39.5 Å². The van der Waals surface area contributed by atoms with Crippen molar-refractivity contribution in [3.05, 3.63) is 87.4 Å². The molecule has 0 spiro atoms. The van der Waals surface area contributed by atoms with Gasteiger partial charge in [-0.3, -0.25) is 0 Å². The zero-order valence-corrected chi connectivity index (χ0v) is 24.3. The Morgan fingerprint density at radius 2 is 1.59 bits per heavy atom. The Labute approximate surface area is 249 Å². The molecule has 0 bridgehead atoms. The van der Waals surface area contributed by atoms with Crippen LogP contribution >= 0.6 is 23.2 Å². The van der Waals surface area contributed by atoms with E-state index in [-0.39, 0.29) is 26.9 Å². The van der Waals surface area contributed by atoms with Crippen molar-refractivity contribution in [2.75, 3.05) is 13.2 Å². The molecule has 0 fully saturated rings. The molecule has 4 aromatic rings. The molecule has 208 valence electrons. The van der Waals surface area contributed by atoms with E-state index in [1.165, 1.54) is 0 Å². The van der Waals surface area contributed by atoms with Crippen molar-refractivity contribution in [3.8, 4) is 40.5 Å². The fourth-order valence-corrected chi connectivity index (χ4v) is 4.90. The fourth-order valence-electron chi connectivity index (χ4n) is 4.51. The number of hydrogen-bond acceptors (Lipinski definition) is 6. The van der Waals surface area contributed by atoms with Crippen LogP contribution in [0.25, 0.3) is 21.9 Å². The van der Waals surface area contributed by atoms with E-state index in [1.54, 1.807) is 48.5 Å².